The summed E-state index contributed by atoms with van der Waals surface area (Å²) in [6, 6.07) is 5.98. The number of rotatable bonds is 2. The molecule has 0 aromatic heterocycles. The van der Waals surface area contributed by atoms with E-state index in [0.717, 1.165) is 36.5 Å². The van der Waals surface area contributed by atoms with Crippen molar-refractivity contribution < 1.29 is 9.53 Å². The van der Waals surface area contributed by atoms with Crippen LogP contribution in [0.1, 0.15) is 62.4 Å². The molecule has 0 bridgehead atoms. The number of ketones is 1. The summed E-state index contributed by atoms with van der Waals surface area (Å²) in [6.45, 7) is 6.48. The molecule has 1 heterocycles. The second-order valence-corrected chi connectivity index (χ2v) is 7.18. The molecular formula is C18H24O2. The minimum absolute atomic E-state index is 0.135. The van der Waals surface area contributed by atoms with Gasteiger partial charge in [-0.15, -0.1) is 0 Å². The van der Waals surface area contributed by atoms with E-state index in [1.165, 1.54) is 18.4 Å². The standard InChI is InChI=1S/C18H24O2/c1-12-4-6-13(7-5-12)17(19)14-8-9-16-15(10-14)11-18(2,3)20-16/h8-10,12-13H,4-7,11H2,1-3H3. The van der Waals surface area contributed by atoms with E-state index in [4.69, 9.17) is 4.74 Å². The van der Waals surface area contributed by atoms with Crippen LogP contribution in [0.3, 0.4) is 0 Å². The van der Waals surface area contributed by atoms with Crippen LogP contribution in [0.5, 0.6) is 5.75 Å². The molecule has 0 saturated heterocycles. The predicted octanol–water partition coefficient (Wildman–Crippen LogP) is 4.41. The zero-order valence-electron chi connectivity index (χ0n) is 12.7. The zero-order chi connectivity index (χ0) is 14.3. The fourth-order valence-electron chi connectivity index (χ4n) is 3.52. The van der Waals surface area contributed by atoms with Gasteiger partial charge in [-0.3, -0.25) is 4.79 Å². The average Bonchev–Trinajstić information content (AvgIpc) is 2.71. The van der Waals surface area contributed by atoms with Gasteiger partial charge in [-0.25, -0.2) is 0 Å². The Bertz CT molecular complexity index is 522. The number of ether oxygens (including phenoxy) is 1. The fraction of sp³-hybridized carbons (Fsp3) is 0.611. The summed E-state index contributed by atoms with van der Waals surface area (Å²) < 4.78 is 5.88. The number of hydrogen-bond donors (Lipinski definition) is 0. The minimum atomic E-state index is -0.135. The van der Waals surface area contributed by atoms with Crippen molar-refractivity contribution in [3.8, 4) is 5.75 Å². The Balaban J connectivity index is 1.77. The normalized spacial score (nSPS) is 27.8. The lowest BCUT2D eigenvalue weighted by molar-refractivity contribution is 0.0875. The van der Waals surface area contributed by atoms with Crippen LogP contribution in [0.2, 0.25) is 0 Å². The Morgan fingerprint density at radius 3 is 2.60 bits per heavy atom. The molecule has 0 atom stereocenters. The molecule has 20 heavy (non-hydrogen) atoms. The van der Waals surface area contributed by atoms with Gasteiger partial charge in [0, 0.05) is 17.9 Å². The van der Waals surface area contributed by atoms with Gasteiger partial charge in [0.15, 0.2) is 5.78 Å². The molecule has 0 unspecified atom stereocenters. The Kier molecular flexibility index (Phi) is 3.35. The first-order valence-corrected chi connectivity index (χ1v) is 7.81. The van der Waals surface area contributed by atoms with Crippen molar-refractivity contribution in [1.29, 1.82) is 0 Å². The third kappa shape index (κ3) is 2.61. The second-order valence-electron chi connectivity index (χ2n) is 7.18. The van der Waals surface area contributed by atoms with Gasteiger partial charge < -0.3 is 4.74 Å². The Labute approximate surface area is 121 Å². The second kappa shape index (κ2) is 4.91. The topological polar surface area (TPSA) is 26.3 Å². The molecule has 1 aromatic carbocycles. The van der Waals surface area contributed by atoms with Gasteiger partial charge in [-0.2, -0.15) is 0 Å². The monoisotopic (exact) mass is 272 g/mol. The SMILES string of the molecule is CC1CCC(C(=O)c2ccc3c(c2)CC(C)(C)O3)CC1. The molecule has 1 aromatic rings. The summed E-state index contributed by atoms with van der Waals surface area (Å²) in [7, 11) is 0. The van der Waals surface area contributed by atoms with Crippen molar-refractivity contribution in [3.05, 3.63) is 29.3 Å². The van der Waals surface area contributed by atoms with E-state index in [1.807, 2.05) is 12.1 Å². The maximum Gasteiger partial charge on any atom is 0.165 e. The van der Waals surface area contributed by atoms with Gasteiger partial charge in [-0.1, -0.05) is 19.8 Å². The van der Waals surface area contributed by atoms with Gasteiger partial charge >= 0.3 is 0 Å². The lowest BCUT2D eigenvalue weighted by Crippen LogP contribution is -2.24. The molecule has 0 spiro atoms. The van der Waals surface area contributed by atoms with Crippen LogP contribution in [0.15, 0.2) is 18.2 Å². The Morgan fingerprint density at radius 2 is 1.90 bits per heavy atom. The van der Waals surface area contributed by atoms with Crippen molar-refractivity contribution in [2.75, 3.05) is 0 Å². The molecular weight excluding hydrogens is 248 g/mol. The molecule has 1 fully saturated rings. The van der Waals surface area contributed by atoms with Crippen LogP contribution >= 0.6 is 0 Å². The van der Waals surface area contributed by atoms with E-state index >= 15 is 0 Å². The Morgan fingerprint density at radius 1 is 1.20 bits per heavy atom. The summed E-state index contributed by atoms with van der Waals surface area (Å²) in [5.41, 5.74) is 1.93. The quantitative estimate of drug-likeness (QED) is 0.745. The highest BCUT2D eigenvalue weighted by molar-refractivity contribution is 5.98. The molecule has 1 saturated carbocycles. The molecule has 1 aliphatic heterocycles. The summed E-state index contributed by atoms with van der Waals surface area (Å²) in [5.74, 6) is 2.31. The van der Waals surface area contributed by atoms with Gasteiger partial charge in [-0.05, 0) is 56.4 Å². The first kappa shape index (κ1) is 13.7. The zero-order valence-corrected chi connectivity index (χ0v) is 12.7. The maximum atomic E-state index is 12.6. The van der Waals surface area contributed by atoms with Crippen LogP contribution in [0.4, 0.5) is 0 Å². The third-order valence-corrected chi connectivity index (χ3v) is 4.73. The molecule has 108 valence electrons. The average molecular weight is 272 g/mol. The maximum absolute atomic E-state index is 12.6. The lowest BCUT2D eigenvalue weighted by Gasteiger charge is -2.25. The van der Waals surface area contributed by atoms with E-state index in [9.17, 15) is 4.79 Å². The number of benzene rings is 1. The molecule has 2 aliphatic rings. The highest BCUT2D eigenvalue weighted by atomic mass is 16.5. The predicted molar refractivity (Wildman–Crippen MR) is 80.3 cm³/mol. The Hall–Kier alpha value is -1.31. The van der Waals surface area contributed by atoms with Gasteiger partial charge in [0.2, 0.25) is 0 Å². The molecule has 0 amide bonds. The van der Waals surface area contributed by atoms with E-state index < -0.39 is 0 Å². The highest BCUT2D eigenvalue weighted by Gasteiger charge is 2.31. The summed E-state index contributed by atoms with van der Waals surface area (Å²) in [6.07, 6.45) is 5.39. The molecule has 2 nitrogen and oxygen atoms in total. The number of Topliss-reactive ketones (excluding diaryl/α,β-unsaturated/α-hetero) is 1. The van der Waals surface area contributed by atoms with Crippen molar-refractivity contribution >= 4 is 5.78 Å². The number of hydrogen-bond acceptors (Lipinski definition) is 2. The third-order valence-electron chi connectivity index (χ3n) is 4.73. The first-order chi connectivity index (χ1) is 9.44. The molecule has 2 heteroatoms. The summed E-state index contributed by atoms with van der Waals surface area (Å²) in [5, 5.41) is 0. The molecule has 0 radical (unpaired) electrons. The highest BCUT2D eigenvalue weighted by Crippen LogP contribution is 2.37. The smallest absolute Gasteiger partial charge is 0.165 e. The van der Waals surface area contributed by atoms with Crippen LogP contribution in [-0.2, 0) is 6.42 Å². The number of fused-ring (bicyclic) bond motifs is 1. The molecule has 1 aliphatic carbocycles. The van der Waals surface area contributed by atoms with E-state index in [2.05, 4.69) is 26.8 Å². The first-order valence-electron chi connectivity index (χ1n) is 7.81. The van der Waals surface area contributed by atoms with Crippen molar-refractivity contribution in [2.24, 2.45) is 11.8 Å². The van der Waals surface area contributed by atoms with Crippen molar-refractivity contribution in [3.63, 3.8) is 0 Å². The summed E-state index contributed by atoms with van der Waals surface area (Å²) >= 11 is 0. The van der Waals surface area contributed by atoms with Crippen molar-refractivity contribution in [2.45, 2.75) is 58.5 Å². The van der Waals surface area contributed by atoms with Crippen LogP contribution in [0.25, 0.3) is 0 Å². The van der Waals surface area contributed by atoms with Gasteiger partial charge in [0.25, 0.3) is 0 Å². The van der Waals surface area contributed by atoms with E-state index in [1.54, 1.807) is 0 Å². The number of carbonyl (C=O) groups is 1. The van der Waals surface area contributed by atoms with Gasteiger partial charge in [0.05, 0.1) is 0 Å². The van der Waals surface area contributed by atoms with Gasteiger partial charge in [0.1, 0.15) is 11.4 Å². The van der Waals surface area contributed by atoms with Crippen LogP contribution < -0.4 is 4.74 Å². The van der Waals surface area contributed by atoms with E-state index in [-0.39, 0.29) is 11.5 Å². The largest absolute Gasteiger partial charge is 0.487 e. The van der Waals surface area contributed by atoms with Crippen LogP contribution in [-0.4, -0.2) is 11.4 Å². The lowest BCUT2D eigenvalue weighted by atomic mass is 9.79. The summed E-state index contributed by atoms with van der Waals surface area (Å²) in [4.78, 5) is 12.6. The van der Waals surface area contributed by atoms with Crippen molar-refractivity contribution in [1.82, 2.24) is 0 Å². The molecule has 0 N–H and O–H groups in total. The minimum Gasteiger partial charge on any atom is -0.487 e. The fourth-order valence-corrected chi connectivity index (χ4v) is 3.52. The molecule has 3 rings (SSSR count). The van der Waals surface area contributed by atoms with Crippen LogP contribution in [0, 0.1) is 11.8 Å². The van der Waals surface area contributed by atoms with E-state index in [0.29, 0.717) is 5.78 Å². The number of carbonyl (C=O) groups excluding carboxylic acids is 1.